The lowest BCUT2D eigenvalue weighted by molar-refractivity contribution is 0.463. The molecule has 0 saturated heterocycles. The van der Waals surface area contributed by atoms with Gasteiger partial charge in [-0.1, -0.05) is 13.8 Å². The molecular weight excluding hydrogens is 240 g/mol. The average molecular weight is 266 g/mol. The highest BCUT2D eigenvalue weighted by Crippen LogP contribution is 2.27. The fourth-order valence-electron chi connectivity index (χ4n) is 1.92. The lowest BCUT2D eigenvalue weighted by Gasteiger charge is -2.37. The van der Waals surface area contributed by atoms with Gasteiger partial charge in [-0.3, -0.25) is 0 Å². The Hall–Kier alpha value is -0.670. The number of likely N-dealkylation sites (N-methyl/N-ethyl adjacent to an activating group) is 2. The normalized spacial score (nSPS) is 11.9. The third kappa shape index (κ3) is 4.21. The van der Waals surface area contributed by atoms with Gasteiger partial charge >= 0.3 is 0 Å². The fraction of sp³-hybridized carbons (Fsp3) is 0.600. The molecule has 2 nitrogen and oxygen atoms in total. The Labute approximate surface area is 116 Å². The van der Waals surface area contributed by atoms with Crippen LogP contribution >= 0.6 is 11.8 Å². The molecule has 0 unspecified atom stereocenters. The molecule has 3 heteroatoms. The molecule has 18 heavy (non-hydrogen) atoms. The van der Waals surface area contributed by atoms with E-state index in [1.165, 1.54) is 10.6 Å². The first-order valence-electron chi connectivity index (χ1n) is 6.52. The predicted molar refractivity (Wildman–Crippen MR) is 83.8 cm³/mol. The van der Waals surface area contributed by atoms with Gasteiger partial charge in [-0.25, -0.2) is 0 Å². The van der Waals surface area contributed by atoms with Crippen molar-refractivity contribution in [1.82, 2.24) is 5.32 Å². The minimum Gasteiger partial charge on any atom is -0.368 e. The molecule has 0 aromatic heterocycles. The molecule has 0 bridgehead atoms. The van der Waals surface area contributed by atoms with E-state index in [4.69, 9.17) is 0 Å². The van der Waals surface area contributed by atoms with Gasteiger partial charge in [0.05, 0.1) is 0 Å². The zero-order valence-corrected chi connectivity index (χ0v) is 13.3. The predicted octanol–water partition coefficient (Wildman–Crippen LogP) is 3.62. The summed E-state index contributed by atoms with van der Waals surface area (Å²) in [6.45, 7) is 9.91. The number of thioether (sulfide) groups is 1. The number of hydrogen-bond donors (Lipinski definition) is 1. The second kappa shape index (κ2) is 6.48. The smallest absolute Gasteiger partial charge is 0.0466 e. The van der Waals surface area contributed by atoms with Gasteiger partial charge in [0.15, 0.2) is 0 Å². The molecule has 0 spiro atoms. The van der Waals surface area contributed by atoms with Crippen LogP contribution in [-0.4, -0.2) is 31.4 Å². The zero-order chi connectivity index (χ0) is 13.8. The molecule has 1 N–H and O–H groups in total. The Morgan fingerprint density at radius 3 is 2.22 bits per heavy atom. The van der Waals surface area contributed by atoms with E-state index < -0.39 is 0 Å². The van der Waals surface area contributed by atoms with E-state index in [9.17, 15) is 0 Å². The van der Waals surface area contributed by atoms with Crippen LogP contribution in [0.3, 0.4) is 0 Å². The van der Waals surface area contributed by atoms with Crippen LogP contribution < -0.4 is 10.2 Å². The number of benzene rings is 1. The second-order valence-corrected chi connectivity index (χ2v) is 7.21. The maximum Gasteiger partial charge on any atom is 0.0466 e. The van der Waals surface area contributed by atoms with Gasteiger partial charge in [-0.05, 0) is 45.2 Å². The molecular formula is C15H26N2S. The van der Waals surface area contributed by atoms with Crippen molar-refractivity contribution in [3.8, 4) is 0 Å². The number of anilines is 1. The van der Waals surface area contributed by atoms with Crippen LogP contribution in [0.15, 0.2) is 29.2 Å². The van der Waals surface area contributed by atoms with Crippen LogP contribution in [0, 0.1) is 0 Å². The van der Waals surface area contributed by atoms with Crippen molar-refractivity contribution in [2.75, 3.05) is 25.5 Å². The third-order valence-electron chi connectivity index (χ3n) is 3.11. The van der Waals surface area contributed by atoms with Crippen molar-refractivity contribution < 1.29 is 0 Å². The molecule has 0 aliphatic carbocycles. The van der Waals surface area contributed by atoms with Crippen LogP contribution in [0.2, 0.25) is 0 Å². The Morgan fingerprint density at radius 2 is 1.78 bits per heavy atom. The monoisotopic (exact) mass is 266 g/mol. The Morgan fingerprint density at radius 1 is 1.22 bits per heavy atom. The van der Waals surface area contributed by atoms with Gasteiger partial charge in [0.25, 0.3) is 0 Å². The first-order valence-corrected chi connectivity index (χ1v) is 7.40. The summed E-state index contributed by atoms with van der Waals surface area (Å²) in [6, 6.07) is 8.85. The van der Waals surface area contributed by atoms with Crippen LogP contribution in [0.1, 0.15) is 27.7 Å². The molecule has 0 heterocycles. The molecule has 1 aromatic rings. The van der Waals surface area contributed by atoms with Gasteiger partial charge < -0.3 is 10.2 Å². The molecule has 1 aromatic carbocycles. The highest BCUT2D eigenvalue weighted by molar-refractivity contribution is 7.99. The highest BCUT2D eigenvalue weighted by Gasteiger charge is 2.22. The Balaban J connectivity index is 2.78. The standard InChI is InChI=1S/C15H26N2S/c1-12(2)18-14-9-7-13(8-10-14)17(6)15(3,4)11-16-5/h7-10,12,16H,11H2,1-6H3. The van der Waals surface area contributed by atoms with E-state index in [1.807, 2.05) is 18.8 Å². The van der Waals surface area contributed by atoms with Gasteiger partial charge in [0.2, 0.25) is 0 Å². The molecule has 0 saturated carbocycles. The quantitative estimate of drug-likeness (QED) is 0.792. The lowest BCUT2D eigenvalue weighted by atomic mass is 10.0. The number of rotatable bonds is 6. The van der Waals surface area contributed by atoms with E-state index >= 15 is 0 Å². The molecule has 0 amide bonds. The summed E-state index contributed by atoms with van der Waals surface area (Å²) in [5.41, 5.74) is 1.38. The van der Waals surface area contributed by atoms with Crippen LogP contribution in [-0.2, 0) is 0 Å². The van der Waals surface area contributed by atoms with Crippen LogP contribution in [0.4, 0.5) is 5.69 Å². The highest BCUT2D eigenvalue weighted by atomic mass is 32.2. The summed E-state index contributed by atoms with van der Waals surface area (Å²) in [6.07, 6.45) is 0. The largest absolute Gasteiger partial charge is 0.368 e. The minimum absolute atomic E-state index is 0.113. The summed E-state index contributed by atoms with van der Waals surface area (Å²) in [5.74, 6) is 0. The zero-order valence-electron chi connectivity index (χ0n) is 12.4. The van der Waals surface area contributed by atoms with Crippen LogP contribution in [0.5, 0.6) is 0 Å². The Bertz CT molecular complexity index is 357. The minimum atomic E-state index is 0.113. The average Bonchev–Trinajstić information content (AvgIpc) is 2.28. The molecule has 0 atom stereocenters. The van der Waals surface area contributed by atoms with Crippen molar-refractivity contribution in [2.45, 2.75) is 43.4 Å². The van der Waals surface area contributed by atoms with Crippen LogP contribution in [0.25, 0.3) is 0 Å². The number of hydrogen-bond acceptors (Lipinski definition) is 3. The van der Waals surface area contributed by atoms with E-state index in [2.05, 4.69) is 69.2 Å². The maximum atomic E-state index is 3.25. The fourth-order valence-corrected chi connectivity index (χ4v) is 2.76. The molecule has 0 radical (unpaired) electrons. The first kappa shape index (κ1) is 15.4. The molecule has 0 aliphatic heterocycles. The van der Waals surface area contributed by atoms with Gasteiger partial charge in [0, 0.05) is 35.0 Å². The molecule has 102 valence electrons. The van der Waals surface area contributed by atoms with Crippen molar-refractivity contribution in [3.63, 3.8) is 0 Å². The topological polar surface area (TPSA) is 15.3 Å². The van der Waals surface area contributed by atoms with E-state index in [-0.39, 0.29) is 5.54 Å². The number of nitrogens with one attached hydrogen (secondary N) is 1. The Kier molecular flexibility index (Phi) is 5.54. The van der Waals surface area contributed by atoms with E-state index in [1.54, 1.807) is 0 Å². The van der Waals surface area contributed by atoms with Crippen molar-refractivity contribution in [2.24, 2.45) is 0 Å². The van der Waals surface area contributed by atoms with Gasteiger partial charge in [0.1, 0.15) is 0 Å². The molecule has 1 rings (SSSR count). The third-order valence-corrected chi connectivity index (χ3v) is 4.13. The van der Waals surface area contributed by atoms with E-state index in [0.29, 0.717) is 5.25 Å². The molecule has 0 aliphatic rings. The lowest BCUT2D eigenvalue weighted by Crippen LogP contribution is -2.48. The first-order chi connectivity index (χ1) is 8.36. The summed E-state index contributed by atoms with van der Waals surface area (Å²) in [4.78, 5) is 3.67. The summed E-state index contributed by atoms with van der Waals surface area (Å²) < 4.78 is 0. The van der Waals surface area contributed by atoms with Gasteiger partial charge in [-0.2, -0.15) is 0 Å². The van der Waals surface area contributed by atoms with Gasteiger partial charge in [-0.15, -0.1) is 11.8 Å². The summed E-state index contributed by atoms with van der Waals surface area (Å²) in [7, 11) is 4.15. The summed E-state index contributed by atoms with van der Waals surface area (Å²) >= 11 is 1.91. The summed E-state index contributed by atoms with van der Waals surface area (Å²) in [5, 5.41) is 3.88. The van der Waals surface area contributed by atoms with E-state index in [0.717, 1.165) is 6.54 Å². The van der Waals surface area contributed by atoms with Crippen molar-refractivity contribution in [3.05, 3.63) is 24.3 Å². The molecule has 0 fully saturated rings. The van der Waals surface area contributed by atoms with Crippen molar-refractivity contribution >= 4 is 17.4 Å². The maximum absolute atomic E-state index is 3.25. The SMILES string of the molecule is CNCC(C)(C)N(C)c1ccc(SC(C)C)cc1. The number of nitrogens with zero attached hydrogens (tertiary/aromatic N) is 1. The van der Waals surface area contributed by atoms with Crippen molar-refractivity contribution in [1.29, 1.82) is 0 Å². The second-order valence-electron chi connectivity index (χ2n) is 5.56.